The number of benzene rings is 1. The van der Waals surface area contributed by atoms with E-state index in [0.717, 1.165) is 39.0 Å². The van der Waals surface area contributed by atoms with E-state index in [1.165, 1.54) is 0 Å². The van der Waals surface area contributed by atoms with Gasteiger partial charge in [0, 0.05) is 42.9 Å². The maximum Gasteiger partial charge on any atom is 0.238 e. The third kappa shape index (κ3) is 5.47. The van der Waals surface area contributed by atoms with Gasteiger partial charge < -0.3 is 10.6 Å². The second kappa shape index (κ2) is 7.96. The van der Waals surface area contributed by atoms with Crippen LogP contribution in [0.5, 0.6) is 0 Å². The lowest BCUT2D eigenvalue weighted by atomic mass is 10.3. The lowest BCUT2D eigenvalue weighted by Gasteiger charge is -2.33. The van der Waals surface area contributed by atoms with Gasteiger partial charge in [0.05, 0.1) is 13.1 Å². The molecule has 3 rings (SSSR count). The Morgan fingerprint density at radius 2 is 1.67 bits per heavy atom. The zero-order valence-electron chi connectivity index (χ0n) is 13.6. The van der Waals surface area contributed by atoms with Gasteiger partial charge in [0.2, 0.25) is 11.8 Å². The number of amides is 2. The molecule has 0 radical (unpaired) electrons. The molecule has 0 spiro atoms. The van der Waals surface area contributed by atoms with Crippen LogP contribution in [0.4, 0.5) is 5.69 Å². The van der Waals surface area contributed by atoms with Crippen LogP contribution in [0.25, 0.3) is 0 Å². The first-order chi connectivity index (χ1) is 11.6. The van der Waals surface area contributed by atoms with Gasteiger partial charge in [-0.2, -0.15) is 0 Å². The van der Waals surface area contributed by atoms with Gasteiger partial charge in [0.1, 0.15) is 0 Å². The van der Waals surface area contributed by atoms with Gasteiger partial charge in [-0.1, -0.05) is 17.7 Å². The first-order valence-electron chi connectivity index (χ1n) is 8.38. The lowest BCUT2D eigenvalue weighted by molar-refractivity contribution is -0.123. The molecule has 1 aliphatic heterocycles. The van der Waals surface area contributed by atoms with Crippen LogP contribution in [0.2, 0.25) is 5.02 Å². The molecule has 2 N–H and O–H groups in total. The number of anilines is 1. The van der Waals surface area contributed by atoms with Crippen molar-refractivity contribution in [2.45, 2.75) is 18.9 Å². The molecule has 1 heterocycles. The summed E-state index contributed by atoms with van der Waals surface area (Å²) in [6.07, 6.45) is 2.22. The smallest absolute Gasteiger partial charge is 0.238 e. The van der Waals surface area contributed by atoms with Crippen LogP contribution in [0.3, 0.4) is 0 Å². The van der Waals surface area contributed by atoms with Crippen molar-refractivity contribution >= 4 is 29.1 Å². The predicted octanol–water partition coefficient (Wildman–Crippen LogP) is 1.17. The normalized spacial score (nSPS) is 19.0. The van der Waals surface area contributed by atoms with E-state index >= 15 is 0 Å². The number of hydrogen-bond acceptors (Lipinski definition) is 4. The fourth-order valence-corrected chi connectivity index (χ4v) is 2.97. The van der Waals surface area contributed by atoms with E-state index in [1.807, 2.05) is 12.1 Å². The highest BCUT2D eigenvalue weighted by molar-refractivity contribution is 6.30. The Balaban J connectivity index is 1.36. The zero-order chi connectivity index (χ0) is 16.9. The number of piperazine rings is 1. The number of carbonyl (C=O) groups excluding carboxylic acids is 2. The molecule has 1 saturated heterocycles. The molecule has 0 aromatic heterocycles. The van der Waals surface area contributed by atoms with Crippen molar-refractivity contribution in [1.82, 2.24) is 15.1 Å². The third-order valence-electron chi connectivity index (χ3n) is 4.25. The Kier molecular flexibility index (Phi) is 5.71. The van der Waals surface area contributed by atoms with Crippen molar-refractivity contribution in [1.29, 1.82) is 0 Å². The molecule has 1 aromatic carbocycles. The Bertz CT molecular complexity index is 598. The van der Waals surface area contributed by atoms with Gasteiger partial charge in [-0.3, -0.25) is 19.4 Å². The highest BCUT2D eigenvalue weighted by Gasteiger charge is 2.25. The molecule has 0 unspecified atom stereocenters. The summed E-state index contributed by atoms with van der Waals surface area (Å²) in [6.45, 7) is 4.01. The molecule has 1 aliphatic carbocycles. The molecular formula is C17H23ClN4O2. The minimum absolute atomic E-state index is 0.0443. The zero-order valence-corrected chi connectivity index (χ0v) is 14.4. The molecule has 1 saturated carbocycles. The molecule has 130 valence electrons. The fourth-order valence-electron chi connectivity index (χ4n) is 2.78. The molecule has 24 heavy (non-hydrogen) atoms. The summed E-state index contributed by atoms with van der Waals surface area (Å²) in [6, 6.07) is 7.55. The Morgan fingerprint density at radius 3 is 2.25 bits per heavy atom. The van der Waals surface area contributed by atoms with Gasteiger partial charge >= 0.3 is 0 Å². The van der Waals surface area contributed by atoms with Crippen molar-refractivity contribution in [2.75, 3.05) is 44.6 Å². The summed E-state index contributed by atoms with van der Waals surface area (Å²) >= 11 is 5.91. The molecule has 1 aromatic rings. The molecule has 0 atom stereocenters. The van der Waals surface area contributed by atoms with E-state index in [9.17, 15) is 9.59 Å². The van der Waals surface area contributed by atoms with Crippen LogP contribution in [-0.4, -0.2) is 66.9 Å². The third-order valence-corrected chi connectivity index (χ3v) is 4.49. The highest BCUT2D eigenvalue weighted by atomic mass is 35.5. The van der Waals surface area contributed by atoms with E-state index in [1.54, 1.807) is 12.1 Å². The monoisotopic (exact) mass is 350 g/mol. The van der Waals surface area contributed by atoms with Crippen molar-refractivity contribution in [3.63, 3.8) is 0 Å². The fraction of sp³-hybridized carbons (Fsp3) is 0.529. The standard InChI is InChI=1S/C17H23ClN4O2/c18-13-2-1-3-15(10-13)20-17(24)12-22-8-6-21(7-9-22)11-16(23)19-14-4-5-14/h1-3,10,14H,4-9,11-12H2,(H,19,23)(H,20,24). The number of hydrogen-bond donors (Lipinski definition) is 2. The molecule has 7 heteroatoms. The molecular weight excluding hydrogens is 328 g/mol. The summed E-state index contributed by atoms with van der Waals surface area (Å²) < 4.78 is 0. The number of carbonyl (C=O) groups is 2. The summed E-state index contributed by atoms with van der Waals surface area (Å²) in [5.41, 5.74) is 0.711. The Hall–Kier alpha value is -1.63. The molecule has 2 aliphatic rings. The average Bonchev–Trinajstić information content (AvgIpc) is 3.33. The van der Waals surface area contributed by atoms with Crippen LogP contribution >= 0.6 is 11.6 Å². The summed E-state index contributed by atoms with van der Waals surface area (Å²) in [5, 5.41) is 6.47. The first kappa shape index (κ1) is 17.2. The second-order valence-corrected chi connectivity index (χ2v) is 6.89. The summed E-state index contributed by atoms with van der Waals surface area (Å²) in [7, 11) is 0. The minimum Gasteiger partial charge on any atom is -0.352 e. The minimum atomic E-state index is -0.0443. The molecule has 6 nitrogen and oxygen atoms in total. The van der Waals surface area contributed by atoms with Crippen LogP contribution in [0.15, 0.2) is 24.3 Å². The van der Waals surface area contributed by atoms with E-state index in [2.05, 4.69) is 20.4 Å². The van der Waals surface area contributed by atoms with Crippen LogP contribution in [0, 0.1) is 0 Å². The Morgan fingerprint density at radius 1 is 1.04 bits per heavy atom. The molecule has 0 bridgehead atoms. The summed E-state index contributed by atoms with van der Waals surface area (Å²) in [4.78, 5) is 28.2. The Labute approximate surface area is 147 Å². The quantitative estimate of drug-likeness (QED) is 0.808. The number of nitrogens with one attached hydrogen (secondary N) is 2. The number of halogens is 1. The van der Waals surface area contributed by atoms with Gasteiger partial charge in [-0.05, 0) is 31.0 Å². The first-order valence-corrected chi connectivity index (χ1v) is 8.76. The van der Waals surface area contributed by atoms with Crippen molar-refractivity contribution in [2.24, 2.45) is 0 Å². The maximum absolute atomic E-state index is 12.1. The van der Waals surface area contributed by atoms with Gasteiger partial charge in [0.15, 0.2) is 0 Å². The van der Waals surface area contributed by atoms with Gasteiger partial charge in [-0.25, -0.2) is 0 Å². The predicted molar refractivity (Wildman–Crippen MR) is 94.1 cm³/mol. The molecule has 2 fully saturated rings. The van der Waals surface area contributed by atoms with Crippen molar-refractivity contribution in [3.8, 4) is 0 Å². The second-order valence-electron chi connectivity index (χ2n) is 6.45. The van der Waals surface area contributed by atoms with E-state index in [4.69, 9.17) is 11.6 Å². The SMILES string of the molecule is O=C(CN1CCN(CC(=O)NC2CC2)CC1)Nc1cccc(Cl)c1. The van der Waals surface area contributed by atoms with Crippen LogP contribution in [0.1, 0.15) is 12.8 Å². The largest absolute Gasteiger partial charge is 0.352 e. The topological polar surface area (TPSA) is 64.7 Å². The highest BCUT2D eigenvalue weighted by Crippen LogP contribution is 2.18. The van der Waals surface area contributed by atoms with Crippen LogP contribution < -0.4 is 10.6 Å². The molecule has 2 amide bonds. The average molecular weight is 351 g/mol. The maximum atomic E-state index is 12.1. The van der Waals surface area contributed by atoms with E-state index in [0.29, 0.717) is 29.8 Å². The lowest BCUT2D eigenvalue weighted by Crippen LogP contribution is -2.51. The van der Waals surface area contributed by atoms with E-state index in [-0.39, 0.29) is 11.8 Å². The van der Waals surface area contributed by atoms with Crippen LogP contribution in [-0.2, 0) is 9.59 Å². The van der Waals surface area contributed by atoms with Gasteiger partial charge in [-0.15, -0.1) is 0 Å². The van der Waals surface area contributed by atoms with Gasteiger partial charge in [0.25, 0.3) is 0 Å². The summed E-state index contributed by atoms with van der Waals surface area (Å²) in [5.74, 6) is 0.0712. The number of rotatable bonds is 6. The van der Waals surface area contributed by atoms with Crippen molar-refractivity contribution < 1.29 is 9.59 Å². The van der Waals surface area contributed by atoms with E-state index < -0.39 is 0 Å². The van der Waals surface area contributed by atoms with Crippen molar-refractivity contribution in [3.05, 3.63) is 29.3 Å². The number of nitrogens with zero attached hydrogens (tertiary/aromatic N) is 2.